The van der Waals surface area contributed by atoms with Gasteiger partial charge in [-0.05, 0) is 43.2 Å². The number of nitrogens with zero attached hydrogens (tertiary/aromatic N) is 2. The fourth-order valence-corrected chi connectivity index (χ4v) is 4.88. The number of hydrogen-bond acceptors (Lipinski definition) is 5. The number of hydrogen-bond donors (Lipinski definition) is 2. The van der Waals surface area contributed by atoms with Gasteiger partial charge in [-0.1, -0.05) is 35.0 Å². The summed E-state index contributed by atoms with van der Waals surface area (Å²) in [6, 6.07) is 7.17. The Bertz CT molecular complexity index is 942. The van der Waals surface area contributed by atoms with Gasteiger partial charge in [0, 0.05) is 36.0 Å². The van der Waals surface area contributed by atoms with Crippen LogP contribution in [0.5, 0.6) is 0 Å². The SMILES string of the molecule is COC(=O)N[C@H](C(=O)N1C[C@@H](C)C[C@H]1c1nc(-c2ccc(Br)cc2)c[nH]1)C1CCOCC1. The van der Waals surface area contributed by atoms with E-state index in [0.717, 1.165) is 40.8 Å². The van der Waals surface area contributed by atoms with E-state index >= 15 is 0 Å². The Morgan fingerprint density at radius 3 is 2.69 bits per heavy atom. The van der Waals surface area contributed by atoms with Gasteiger partial charge in [0.1, 0.15) is 11.9 Å². The average molecular weight is 505 g/mol. The molecule has 2 amide bonds. The molecule has 0 radical (unpaired) electrons. The number of benzene rings is 1. The quantitative estimate of drug-likeness (QED) is 0.643. The van der Waals surface area contributed by atoms with Gasteiger partial charge in [-0.2, -0.15) is 0 Å². The Balaban J connectivity index is 1.57. The highest BCUT2D eigenvalue weighted by Gasteiger charge is 2.42. The topological polar surface area (TPSA) is 96.5 Å². The van der Waals surface area contributed by atoms with E-state index in [1.165, 1.54) is 7.11 Å². The zero-order valence-corrected chi connectivity index (χ0v) is 19.9. The molecule has 2 aliphatic heterocycles. The third kappa shape index (κ3) is 4.99. The Hall–Kier alpha value is -2.39. The fourth-order valence-electron chi connectivity index (χ4n) is 4.62. The Morgan fingerprint density at radius 2 is 2.00 bits per heavy atom. The number of ether oxygens (including phenoxy) is 2. The standard InChI is InChI=1S/C23H29BrN4O4/c1-14-11-19(21-25-12-18(26-21)15-3-5-17(24)6-4-15)28(13-14)22(29)20(27-23(30)31-2)16-7-9-32-10-8-16/h3-6,12,14,16,19-20H,7-11,13H2,1-2H3,(H,25,26)(H,27,30)/t14-,19-,20-/m0/s1. The number of alkyl carbamates (subject to hydrolysis) is 1. The number of carbonyl (C=O) groups is 2. The molecule has 32 heavy (non-hydrogen) atoms. The summed E-state index contributed by atoms with van der Waals surface area (Å²) < 4.78 is 11.3. The molecule has 2 saturated heterocycles. The molecule has 1 aromatic heterocycles. The van der Waals surface area contributed by atoms with Crippen molar-refractivity contribution < 1.29 is 19.1 Å². The third-order valence-corrected chi connectivity index (χ3v) is 6.84. The lowest BCUT2D eigenvalue weighted by Gasteiger charge is -2.34. The van der Waals surface area contributed by atoms with Crippen LogP contribution >= 0.6 is 15.9 Å². The van der Waals surface area contributed by atoms with Gasteiger partial charge in [0.15, 0.2) is 0 Å². The van der Waals surface area contributed by atoms with Crippen molar-refractivity contribution in [3.05, 3.63) is 40.8 Å². The number of carbonyl (C=O) groups excluding carboxylic acids is 2. The van der Waals surface area contributed by atoms with Crippen LogP contribution in [0.1, 0.15) is 38.1 Å². The lowest BCUT2D eigenvalue weighted by atomic mass is 9.90. The second kappa shape index (κ2) is 10.0. The van der Waals surface area contributed by atoms with Gasteiger partial charge in [-0.15, -0.1) is 0 Å². The number of nitrogens with one attached hydrogen (secondary N) is 2. The van der Waals surface area contributed by atoms with Gasteiger partial charge >= 0.3 is 6.09 Å². The molecule has 0 saturated carbocycles. The highest BCUT2D eigenvalue weighted by molar-refractivity contribution is 9.10. The van der Waals surface area contributed by atoms with E-state index in [9.17, 15) is 9.59 Å². The van der Waals surface area contributed by atoms with Crippen LogP contribution < -0.4 is 5.32 Å². The maximum Gasteiger partial charge on any atom is 0.407 e. The maximum atomic E-state index is 13.7. The van der Waals surface area contributed by atoms with Crippen LogP contribution in [-0.2, 0) is 14.3 Å². The predicted octanol–water partition coefficient (Wildman–Crippen LogP) is 3.90. The monoisotopic (exact) mass is 504 g/mol. The molecule has 0 spiro atoms. The molecule has 2 aromatic rings. The van der Waals surface area contributed by atoms with E-state index in [-0.39, 0.29) is 17.9 Å². The Labute approximate surface area is 196 Å². The first-order chi connectivity index (χ1) is 15.5. The maximum absolute atomic E-state index is 13.7. The van der Waals surface area contributed by atoms with Crippen molar-refractivity contribution in [2.75, 3.05) is 26.9 Å². The van der Waals surface area contributed by atoms with Crippen molar-refractivity contribution in [3.63, 3.8) is 0 Å². The minimum absolute atomic E-state index is 0.0156. The number of aromatic nitrogens is 2. The molecule has 0 aliphatic carbocycles. The molecule has 0 bridgehead atoms. The molecular formula is C23H29BrN4O4. The smallest absolute Gasteiger partial charge is 0.407 e. The first-order valence-corrected chi connectivity index (χ1v) is 11.8. The number of aromatic amines is 1. The van der Waals surface area contributed by atoms with Gasteiger partial charge < -0.3 is 24.7 Å². The van der Waals surface area contributed by atoms with Crippen LogP contribution in [-0.4, -0.2) is 59.8 Å². The Morgan fingerprint density at radius 1 is 1.28 bits per heavy atom. The third-order valence-electron chi connectivity index (χ3n) is 6.31. The minimum atomic E-state index is -0.639. The number of likely N-dealkylation sites (tertiary alicyclic amines) is 1. The molecule has 172 valence electrons. The van der Waals surface area contributed by atoms with Gasteiger partial charge in [-0.25, -0.2) is 9.78 Å². The highest BCUT2D eigenvalue weighted by atomic mass is 79.9. The lowest BCUT2D eigenvalue weighted by Crippen LogP contribution is -2.53. The van der Waals surface area contributed by atoms with Gasteiger partial charge in [0.25, 0.3) is 0 Å². The van der Waals surface area contributed by atoms with E-state index in [0.29, 0.717) is 25.7 Å². The summed E-state index contributed by atoms with van der Waals surface area (Å²) in [5, 5.41) is 2.79. The molecule has 2 aliphatic rings. The number of H-pyrrole nitrogens is 1. The van der Waals surface area contributed by atoms with Crippen molar-refractivity contribution in [1.29, 1.82) is 0 Å². The molecule has 0 unspecified atom stereocenters. The van der Waals surface area contributed by atoms with E-state index in [4.69, 9.17) is 14.5 Å². The fraction of sp³-hybridized carbons (Fsp3) is 0.522. The van der Waals surface area contributed by atoms with Crippen LogP contribution in [0.4, 0.5) is 4.79 Å². The zero-order chi connectivity index (χ0) is 22.7. The second-order valence-corrected chi connectivity index (χ2v) is 9.50. The zero-order valence-electron chi connectivity index (χ0n) is 18.3. The summed E-state index contributed by atoms with van der Waals surface area (Å²) in [5.41, 5.74) is 1.85. The Kier molecular flexibility index (Phi) is 7.15. The number of methoxy groups -OCH3 is 1. The van der Waals surface area contributed by atoms with Gasteiger partial charge in [-0.3, -0.25) is 4.79 Å². The van der Waals surface area contributed by atoms with Crippen molar-refractivity contribution in [2.45, 2.75) is 38.3 Å². The number of amides is 2. The molecule has 3 heterocycles. The lowest BCUT2D eigenvalue weighted by molar-refractivity contribution is -0.137. The van der Waals surface area contributed by atoms with E-state index in [2.05, 4.69) is 33.2 Å². The second-order valence-electron chi connectivity index (χ2n) is 8.59. The van der Waals surface area contributed by atoms with Crippen LogP contribution in [0.3, 0.4) is 0 Å². The van der Waals surface area contributed by atoms with Crippen LogP contribution in [0.2, 0.25) is 0 Å². The molecular weight excluding hydrogens is 476 g/mol. The van der Waals surface area contributed by atoms with Crippen LogP contribution in [0, 0.1) is 11.8 Å². The molecule has 3 atom stereocenters. The van der Waals surface area contributed by atoms with E-state index in [1.807, 2.05) is 35.4 Å². The average Bonchev–Trinajstić information content (AvgIpc) is 3.45. The van der Waals surface area contributed by atoms with Crippen molar-refractivity contribution in [3.8, 4) is 11.3 Å². The van der Waals surface area contributed by atoms with Gasteiger partial charge in [0.05, 0.1) is 18.8 Å². The summed E-state index contributed by atoms with van der Waals surface area (Å²) in [7, 11) is 1.31. The largest absolute Gasteiger partial charge is 0.453 e. The van der Waals surface area contributed by atoms with E-state index in [1.54, 1.807) is 0 Å². The van der Waals surface area contributed by atoms with Crippen molar-refractivity contribution in [1.82, 2.24) is 20.2 Å². The van der Waals surface area contributed by atoms with Crippen molar-refractivity contribution in [2.24, 2.45) is 11.8 Å². The normalized spacial score (nSPS) is 22.5. The first kappa shape index (κ1) is 22.8. The highest BCUT2D eigenvalue weighted by Crippen LogP contribution is 2.36. The molecule has 4 rings (SSSR count). The summed E-state index contributed by atoms with van der Waals surface area (Å²) in [4.78, 5) is 35.7. The van der Waals surface area contributed by atoms with Crippen molar-refractivity contribution >= 4 is 27.9 Å². The molecule has 2 fully saturated rings. The van der Waals surface area contributed by atoms with Crippen LogP contribution in [0.25, 0.3) is 11.3 Å². The number of imidazole rings is 1. The number of halogens is 1. The van der Waals surface area contributed by atoms with Crippen LogP contribution in [0.15, 0.2) is 34.9 Å². The molecule has 2 N–H and O–H groups in total. The molecule has 9 heteroatoms. The summed E-state index contributed by atoms with van der Waals surface area (Å²) in [6.45, 7) is 3.94. The number of rotatable bonds is 5. The van der Waals surface area contributed by atoms with Gasteiger partial charge in [0.2, 0.25) is 5.91 Å². The van der Waals surface area contributed by atoms with E-state index < -0.39 is 12.1 Å². The first-order valence-electron chi connectivity index (χ1n) is 11.0. The summed E-state index contributed by atoms with van der Waals surface area (Å²) >= 11 is 3.46. The predicted molar refractivity (Wildman–Crippen MR) is 123 cm³/mol. The summed E-state index contributed by atoms with van der Waals surface area (Å²) in [6.07, 6.45) is 3.56. The molecule has 8 nitrogen and oxygen atoms in total. The molecule has 1 aromatic carbocycles. The summed E-state index contributed by atoms with van der Waals surface area (Å²) in [5.74, 6) is 1.03. The minimum Gasteiger partial charge on any atom is -0.453 e.